The van der Waals surface area contributed by atoms with Gasteiger partial charge in [-0.25, -0.2) is 9.18 Å². The first-order valence-electron chi connectivity index (χ1n) is 8.90. The third kappa shape index (κ3) is 4.81. The lowest BCUT2D eigenvalue weighted by Crippen LogP contribution is -2.43. The van der Waals surface area contributed by atoms with Gasteiger partial charge in [0.25, 0.3) is 0 Å². The van der Waals surface area contributed by atoms with E-state index in [4.69, 9.17) is 0 Å². The lowest BCUT2D eigenvalue weighted by molar-refractivity contribution is -0.117. The SMILES string of the molecule is O=C(NCCC1=CCCCC1)N[C@@H]1CC(=O)N(c2ccc(F)cc2)C1. The van der Waals surface area contributed by atoms with Crippen LogP contribution in [0.5, 0.6) is 0 Å². The molecule has 134 valence electrons. The summed E-state index contributed by atoms with van der Waals surface area (Å²) in [5.41, 5.74) is 2.07. The van der Waals surface area contributed by atoms with Gasteiger partial charge >= 0.3 is 6.03 Å². The Balaban J connectivity index is 1.43. The van der Waals surface area contributed by atoms with Crippen molar-refractivity contribution in [2.24, 2.45) is 0 Å². The van der Waals surface area contributed by atoms with Crippen molar-refractivity contribution in [2.45, 2.75) is 44.6 Å². The molecule has 1 aromatic carbocycles. The number of anilines is 1. The highest BCUT2D eigenvalue weighted by Crippen LogP contribution is 2.22. The second-order valence-electron chi connectivity index (χ2n) is 6.64. The van der Waals surface area contributed by atoms with Crippen LogP contribution in [0.1, 0.15) is 38.5 Å². The van der Waals surface area contributed by atoms with Crippen LogP contribution in [0.15, 0.2) is 35.9 Å². The molecule has 1 aliphatic carbocycles. The van der Waals surface area contributed by atoms with E-state index < -0.39 is 0 Å². The third-order valence-corrected chi connectivity index (χ3v) is 4.72. The van der Waals surface area contributed by atoms with E-state index in [0.29, 0.717) is 18.8 Å². The van der Waals surface area contributed by atoms with Crippen LogP contribution in [0.2, 0.25) is 0 Å². The molecular weight excluding hydrogens is 321 g/mol. The second kappa shape index (κ2) is 8.14. The zero-order valence-corrected chi connectivity index (χ0v) is 14.3. The number of rotatable bonds is 5. The van der Waals surface area contributed by atoms with Gasteiger partial charge in [0, 0.05) is 25.2 Å². The van der Waals surface area contributed by atoms with E-state index >= 15 is 0 Å². The average molecular weight is 345 g/mol. The Labute approximate surface area is 147 Å². The van der Waals surface area contributed by atoms with Crippen LogP contribution in [-0.4, -0.2) is 31.1 Å². The fraction of sp³-hybridized carbons (Fsp3) is 0.474. The molecule has 0 unspecified atom stereocenters. The van der Waals surface area contributed by atoms with E-state index in [2.05, 4.69) is 16.7 Å². The van der Waals surface area contributed by atoms with Crippen LogP contribution in [0, 0.1) is 5.82 Å². The predicted octanol–water partition coefficient (Wildman–Crippen LogP) is 3.12. The van der Waals surface area contributed by atoms with Crippen molar-refractivity contribution in [3.05, 3.63) is 41.7 Å². The molecule has 6 heteroatoms. The van der Waals surface area contributed by atoms with Crippen molar-refractivity contribution in [1.29, 1.82) is 0 Å². The molecule has 1 saturated heterocycles. The molecule has 0 spiro atoms. The van der Waals surface area contributed by atoms with Crippen molar-refractivity contribution in [1.82, 2.24) is 10.6 Å². The Kier molecular flexibility index (Phi) is 5.68. The summed E-state index contributed by atoms with van der Waals surface area (Å²) in [5, 5.41) is 5.72. The van der Waals surface area contributed by atoms with Crippen molar-refractivity contribution in [2.75, 3.05) is 18.0 Å². The van der Waals surface area contributed by atoms with E-state index in [1.165, 1.54) is 30.5 Å². The van der Waals surface area contributed by atoms with E-state index in [1.54, 1.807) is 17.0 Å². The van der Waals surface area contributed by atoms with Crippen LogP contribution >= 0.6 is 0 Å². The fourth-order valence-electron chi connectivity index (χ4n) is 3.38. The predicted molar refractivity (Wildman–Crippen MR) is 94.9 cm³/mol. The highest BCUT2D eigenvalue weighted by atomic mass is 19.1. The number of hydrogen-bond donors (Lipinski definition) is 2. The first kappa shape index (κ1) is 17.5. The molecule has 0 saturated carbocycles. The normalized spacial score (nSPS) is 20.4. The Hall–Kier alpha value is -2.37. The molecule has 2 N–H and O–H groups in total. The number of nitrogens with zero attached hydrogens (tertiary/aromatic N) is 1. The van der Waals surface area contributed by atoms with Gasteiger partial charge in [-0.05, 0) is 56.4 Å². The largest absolute Gasteiger partial charge is 0.338 e. The number of urea groups is 1. The first-order chi connectivity index (χ1) is 12.1. The van der Waals surface area contributed by atoms with E-state index in [-0.39, 0.29) is 30.2 Å². The van der Waals surface area contributed by atoms with Gasteiger partial charge in [-0.15, -0.1) is 0 Å². The summed E-state index contributed by atoms with van der Waals surface area (Å²) in [6, 6.07) is 5.34. The van der Waals surface area contributed by atoms with Gasteiger partial charge in [0.1, 0.15) is 5.82 Å². The van der Waals surface area contributed by atoms with Gasteiger partial charge in [-0.2, -0.15) is 0 Å². The zero-order valence-electron chi connectivity index (χ0n) is 14.3. The van der Waals surface area contributed by atoms with Gasteiger partial charge < -0.3 is 15.5 Å². The summed E-state index contributed by atoms with van der Waals surface area (Å²) in [6.45, 7) is 1.02. The molecule has 0 radical (unpaired) electrons. The summed E-state index contributed by atoms with van der Waals surface area (Å²) in [7, 11) is 0. The Morgan fingerprint density at radius 3 is 2.76 bits per heavy atom. The smallest absolute Gasteiger partial charge is 0.315 e. The molecule has 1 heterocycles. The average Bonchev–Trinajstić information content (AvgIpc) is 2.96. The van der Waals surface area contributed by atoms with E-state index in [9.17, 15) is 14.0 Å². The highest BCUT2D eigenvalue weighted by molar-refractivity contribution is 5.96. The molecule has 1 fully saturated rings. The molecule has 1 aromatic rings. The molecule has 2 aliphatic rings. The lowest BCUT2D eigenvalue weighted by Gasteiger charge is -2.18. The number of hydrogen-bond acceptors (Lipinski definition) is 2. The molecule has 1 aliphatic heterocycles. The highest BCUT2D eigenvalue weighted by Gasteiger charge is 2.31. The van der Waals surface area contributed by atoms with Crippen molar-refractivity contribution >= 4 is 17.6 Å². The minimum atomic E-state index is -0.336. The maximum Gasteiger partial charge on any atom is 0.315 e. The van der Waals surface area contributed by atoms with Crippen molar-refractivity contribution in [3.63, 3.8) is 0 Å². The number of allylic oxidation sites excluding steroid dienone is 1. The standard InChI is InChI=1S/C19H24FN3O2/c20-15-6-8-17(9-7-15)23-13-16(12-18(23)24)22-19(25)21-11-10-14-4-2-1-3-5-14/h4,6-9,16H,1-3,5,10-13H2,(H2,21,22,25)/t16-/m1/s1. The van der Waals surface area contributed by atoms with Crippen LogP contribution in [-0.2, 0) is 4.79 Å². The fourth-order valence-corrected chi connectivity index (χ4v) is 3.38. The minimum absolute atomic E-state index is 0.0655. The zero-order chi connectivity index (χ0) is 17.6. The Bertz CT molecular complexity index is 657. The van der Waals surface area contributed by atoms with E-state index in [0.717, 1.165) is 19.3 Å². The molecule has 3 amide bonds. The summed E-state index contributed by atoms with van der Waals surface area (Å²) in [6.07, 6.45) is 8.20. The summed E-state index contributed by atoms with van der Waals surface area (Å²) in [4.78, 5) is 25.7. The van der Waals surface area contributed by atoms with E-state index in [1.807, 2.05) is 0 Å². The van der Waals surface area contributed by atoms with Crippen LogP contribution in [0.3, 0.4) is 0 Å². The van der Waals surface area contributed by atoms with Crippen LogP contribution in [0.25, 0.3) is 0 Å². The van der Waals surface area contributed by atoms with Crippen molar-refractivity contribution < 1.29 is 14.0 Å². The number of carbonyl (C=O) groups excluding carboxylic acids is 2. The molecule has 25 heavy (non-hydrogen) atoms. The molecule has 3 rings (SSSR count). The molecule has 0 bridgehead atoms. The Morgan fingerprint density at radius 1 is 1.24 bits per heavy atom. The summed E-state index contributed by atoms with van der Waals surface area (Å²) < 4.78 is 13.0. The monoisotopic (exact) mass is 345 g/mol. The number of halogens is 1. The number of nitrogens with one attached hydrogen (secondary N) is 2. The van der Waals surface area contributed by atoms with Gasteiger partial charge in [0.05, 0.1) is 6.04 Å². The van der Waals surface area contributed by atoms with Gasteiger partial charge in [0.2, 0.25) is 5.91 Å². The van der Waals surface area contributed by atoms with Gasteiger partial charge in [-0.3, -0.25) is 4.79 Å². The first-order valence-corrected chi connectivity index (χ1v) is 8.90. The number of benzene rings is 1. The van der Waals surface area contributed by atoms with Crippen molar-refractivity contribution in [3.8, 4) is 0 Å². The van der Waals surface area contributed by atoms with Gasteiger partial charge in [-0.1, -0.05) is 11.6 Å². The minimum Gasteiger partial charge on any atom is -0.338 e. The summed E-state index contributed by atoms with van der Waals surface area (Å²) >= 11 is 0. The lowest BCUT2D eigenvalue weighted by atomic mass is 9.97. The molecule has 5 nitrogen and oxygen atoms in total. The topological polar surface area (TPSA) is 61.4 Å². The number of amides is 3. The quantitative estimate of drug-likeness (QED) is 0.806. The molecular formula is C19H24FN3O2. The van der Waals surface area contributed by atoms with Crippen LogP contribution < -0.4 is 15.5 Å². The maximum absolute atomic E-state index is 13.0. The molecule has 1 atom stereocenters. The van der Waals surface area contributed by atoms with Gasteiger partial charge in [0.15, 0.2) is 0 Å². The van der Waals surface area contributed by atoms with Crippen LogP contribution in [0.4, 0.5) is 14.9 Å². The maximum atomic E-state index is 13.0. The Morgan fingerprint density at radius 2 is 2.04 bits per heavy atom. The third-order valence-electron chi connectivity index (χ3n) is 4.72. The molecule has 0 aromatic heterocycles. The second-order valence-corrected chi connectivity index (χ2v) is 6.64. The summed E-state index contributed by atoms with van der Waals surface area (Å²) in [5.74, 6) is -0.401. The number of carbonyl (C=O) groups is 2.